The summed E-state index contributed by atoms with van der Waals surface area (Å²) in [5.41, 5.74) is 0. The van der Waals surface area contributed by atoms with Crippen molar-refractivity contribution in [1.29, 1.82) is 0 Å². The molecule has 2 aromatic rings. The van der Waals surface area contributed by atoms with E-state index in [1.807, 2.05) is 6.92 Å². The first-order valence-corrected chi connectivity index (χ1v) is 9.66. The van der Waals surface area contributed by atoms with Crippen LogP contribution in [-0.2, 0) is 16.6 Å². The molecule has 114 valence electrons. The molecule has 0 spiro atoms. The van der Waals surface area contributed by atoms with E-state index < -0.39 is 10.0 Å². The van der Waals surface area contributed by atoms with Crippen LogP contribution in [0.2, 0.25) is 0 Å². The molecule has 2 aromatic heterocycles. The van der Waals surface area contributed by atoms with Gasteiger partial charge in [-0.15, -0.1) is 11.3 Å². The molecule has 0 bridgehead atoms. The van der Waals surface area contributed by atoms with Crippen molar-refractivity contribution in [1.82, 2.24) is 19.5 Å². The van der Waals surface area contributed by atoms with Gasteiger partial charge in [0, 0.05) is 11.4 Å². The Hall–Kier alpha value is -0.770. The number of rotatable bonds is 3. The number of halogens is 1. The van der Waals surface area contributed by atoms with Crippen molar-refractivity contribution in [3.63, 3.8) is 0 Å². The lowest BCUT2D eigenvalue weighted by molar-refractivity contribution is 0.399. The number of aryl methyl sites for hydroxylation is 3. The molecule has 21 heavy (non-hydrogen) atoms. The average molecular weight is 391 g/mol. The van der Waals surface area contributed by atoms with Gasteiger partial charge in [0.25, 0.3) is 0 Å². The minimum absolute atomic E-state index is 0.317. The number of sulfonamides is 1. The lowest BCUT2D eigenvalue weighted by Crippen LogP contribution is -2.33. The van der Waals surface area contributed by atoms with Crippen molar-refractivity contribution in [2.75, 3.05) is 0 Å². The molecule has 1 unspecified atom stereocenters. The van der Waals surface area contributed by atoms with Crippen LogP contribution in [0, 0.1) is 13.8 Å². The van der Waals surface area contributed by atoms with Gasteiger partial charge in [-0.2, -0.15) is 5.10 Å². The maximum absolute atomic E-state index is 12.6. The third-order valence-corrected chi connectivity index (χ3v) is 6.69. The van der Waals surface area contributed by atoms with Crippen molar-refractivity contribution in [2.45, 2.75) is 44.2 Å². The van der Waals surface area contributed by atoms with Gasteiger partial charge in [-0.05, 0) is 48.7 Å². The molecule has 1 aliphatic rings. The van der Waals surface area contributed by atoms with E-state index in [1.54, 1.807) is 17.7 Å². The minimum atomic E-state index is -3.55. The number of nitrogens with one attached hydrogen (secondary N) is 1. The first-order chi connectivity index (χ1) is 9.87. The summed E-state index contributed by atoms with van der Waals surface area (Å²) in [5, 5.41) is 4.29. The second kappa shape index (κ2) is 5.45. The first-order valence-electron chi connectivity index (χ1n) is 6.56. The summed E-state index contributed by atoms with van der Waals surface area (Å²) < 4.78 is 30.5. The van der Waals surface area contributed by atoms with Gasteiger partial charge >= 0.3 is 0 Å². The number of nitrogens with zero attached hydrogens (tertiary/aromatic N) is 3. The van der Waals surface area contributed by atoms with E-state index in [9.17, 15) is 8.42 Å². The molecule has 1 aliphatic heterocycles. The molecular weight excluding hydrogens is 376 g/mol. The minimum Gasteiger partial charge on any atom is -0.248 e. The molecule has 0 radical (unpaired) electrons. The number of hydrogen-bond donors (Lipinski definition) is 1. The first kappa shape index (κ1) is 15.1. The lowest BCUT2D eigenvalue weighted by atomic mass is 10.1. The molecule has 0 aromatic carbocycles. The van der Waals surface area contributed by atoms with E-state index in [0.717, 1.165) is 28.0 Å². The van der Waals surface area contributed by atoms with Crippen molar-refractivity contribution < 1.29 is 8.42 Å². The van der Waals surface area contributed by atoms with E-state index in [-0.39, 0.29) is 6.04 Å². The molecule has 1 N–H and O–H groups in total. The Morgan fingerprint density at radius 1 is 1.48 bits per heavy atom. The van der Waals surface area contributed by atoms with Gasteiger partial charge in [0.1, 0.15) is 11.6 Å². The average Bonchev–Trinajstić information content (AvgIpc) is 2.92. The largest absolute Gasteiger partial charge is 0.248 e. The summed E-state index contributed by atoms with van der Waals surface area (Å²) in [6, 6.07) is 1.32. The Balaban J connectivity index is 1.92. The van der Waals surface area contributed by atoms with Crippen molar-refractivity contribution in [3.05, 3.63) is 26.4 Å². The lowest BCUT2D eigenvalue weighted by Gasteiger charge is -2.22. The Labute approximate surface area is 135 Å². The summed E-state index contributed by atoms with van der Waals surface area (Å²) in [6.07, 6.45) is 1.62. The molecule has 0 saturated heterocycles. The fourth-order valence-electron chi connectivity index (χ4n) is 2.53. The predicted octanol–water partition coefficient (Wildman–Crippen LogP) is 2.53. The van der Waals surface area contributed by atoms with Gasteiger partial charge < -0.3 is 0 Å². The van der Waals surface area contributed by atoms with Gasteiger partial charge in [0.05, 0.1) is 14.7 Å². The normalized spacial score (nSPS) is 18.7. The molecule has 6 nitrogen and oxygen atoms in total. The van der Waals surface area contributed by atoms with Crippen LogP contribution in [0.25, 0.3) is 0 Å². The highest BCUT2D eigenvalue weighted by atomic mass is 79.9. The summed E-state index contributed by atoms with van der Waals surface area (Å²) in [5.74, 6) is 1.37. The zero-order valence-corrected chi connectivity index (χ0v) is 14.8. The van der Waals surface area contributed by atoms with Crippen LogP contribution < -0.4 is 4.72 Å². The van der Waals surface area contributed by atoms with Crippen LogP contribution in [0.15, 0.2) is 14.7 Å². The van der Waals surface area contributed by atoms with Crippen LogP contribution in [0.4, 0.5) is 0 Å². The highest BCUT2D eigenvalue weighted by Crippen LogP contribution is 2.31. The summed E-state index contributed by atoms with van der Waals surface area (Å²) in [4.78, 5) is 5.45. The van der Waals surface area contributed by atoms with Crippen LogP contribution in [-0.4, -0.2) is 23.2 Å². The second-order valence-electron chi connectivity index (χ2n) is 5.03. The van der Waals surface area contributed by atoms with Gasteiger partial charge in [0.2, 0.25) is 10.0 Å². The highest BCUT2D eigenvalue weighted by Gasteiger charge is 2.29. The Kier molecular flexibility index (Phi) is 3.93. The molecule has 3 heterocycles. The summed E-state index contributed by atoms with van der Waals surface area (Å²) in [7, 11) is -3.55. The zero-order valence-electron chi connectivity index (χ0n) is 11.6. The fourth-order valence-corrected chi connectivity index (χ4v) is 6.17. The van der Waals surface area contributed by atoms with Crippen LogP contribution in [0.1, 0.15) is 35.4 Å². The Bertz CT molecular complexity index is 781. The standard InChI is InChI=1S/C12H15BrN4O2S2/c1-7-10(6-11(13)20-7)21(18,19)16-9-4-3-5-17-12(9)14-8(2)15-17/h6,9,16H,3-5H2,1-2H3. The molecular formula is C12H15BrN4O2S2. The molecule has 9 heteroatoms. The van der Waals surface area contributed by atoms with Crippen molar-refractivity contribution in [3.8, 4) is 0 Å². The monoisotopic (exact) mass is 390 g/mol. The maximum Gasteiger partial charge on any atom is 0.242 e. The molecule has 3 rings (SSSR count). The van der Waals surface area contributed by atoms with Crippen LogP contribution >= 0.6 is 27.3 Å². The number of hydrogen-bond acceptors (Lipinski definition) is 5. The number of fused-ring (bicyclic) bond motifs is 1. The van der Waals surface area contributed by atoms with Gasteiger partial charge in [-0.25, -0.2) is 22.8 Å². The van der Waals surface area contributed by atoms with E-state index >= 15 is 0 Å². The fraction of sp³-hybridized carbons (Fsp3) is 0.500. The van der Waals surface area contributed by atoms with Gasteiger partial charge in [0.15, 0.2) is 0 Å². The quantitative estimate of drug-likeness (QED) is 0.873. The molecule has 0 amide bonds. The topological polar surface area (TPSA) is 76.9 Å². The Morgan fingerprint density at radius 3 is 2.90 bits per heavy atom. The number of thiophene rings is 1. The molecule has 0 fully saturated rings. The molecule has 0 saturated carbocycles. The second-order valence-corrected chi connectivity index (χ2v) is 9.35. The zero-order chi connectivity index (χ0) is 15.2. The predicted molar refractivity (Wildman–Crippen MR) is 83.8 cm³/mol. The van der Waals surface area contributed by atoms with E-state index in [2.05, 4.69) is 30.7 Å². The third-order valence-electron chi connectivity index (χ3n) is 3.41. The van der Waals surface area contributed by atoms with E-state index in [1.165, 1.54) is 11.3 Å². The van der Waals surface area contributed by atoms with Crippen LogP contribution in [0.3, 0.4) is 0 Å². The van der Waals surface area contributed by atoms with Gasteiger partial charge in [-0.3, -0.25) is 0 Å². The molecule has 0 aliphatic carbocycles. The number of aromatic nitrogens is 3. The summed E-state index contributed by atoms with van der Waals surface area (Å²) >= 11 is 4.74. The van der Waals surface area contributed by atoms with Gasteiger partial charge in [-0.1, -0.05) is 0 Å². The van der Waals surface area contributed by atoms with Crippen molar-refractivity contribution >= 4 is 37.3 Å². The van der Waals surface area contributed by atoms with Crippen LogP contribution in [0.5, 0.6) is 0 Å². The Morgan fingerprint density at radius 2 is 2.24 bits per heavy atom. The maximum atomic E-state index is 12.6. The summed E-state index contributed by atoms with van der Waals surface area (Å²) in [6.45, 7) is 4.41. The highest BCUT2D eigenvalue weighted by molar-refractivity contribution is 9.11. The van der Waals surface area contributed by atoms with E-state index in [0.29, 0.717) is 16.5 Å². The smallest absolute Gasteiger partial charge is 0.242 e. The molecule has 1 atom stereocenters. The SMILES string of the molecule is Cc1nc2n(n1)CCCC2NS(=O)(=O)c1cc(Br)sc1C. The van der Waals surface area contributed by atoms with E-state index in [4.69, 9.17) is 0 Å². The third kappa shape index (κ3) is 2.92. The van der Waals surface area contributed by atoms with Crippen molar-refractivity contribution in [2.24, 2.45) is 0 Å².